The highest BCUT2D eigenvalue weighted by molar-refractivity contribution is 5.72. The Labute approximate surface area is 265 Å². The van der Waals surface area contributed by atoms with Gasteiger partial charge in [-0.1, -0.05) is 18.0 Å². The molecule has 250 valence electrons. The van der Waals surface area contributed by atoms with Crippen molar-refractivity contribution < 1.29 is 36.7 Å². The number of amides is 1. The number of alkyl halides is 4. The summed E-state index contributed by atoms with van der Waals surface area (Å²) in [6.07, 6.45) is 0.249. The van der Waals surface area contributed by atoms with Gasteiger partial charge in [-0.15, -0.1) is 0 Å². The van der Waals surface area contributed by atoms with Gasteiger partial charge in [0.25, 0.3) is 0 Å². The summed E-state index contributed by atoms with van der Waals surface area (Å²) >= 11 is 0. The molecule has 1 N–H and O–H groups in total. The molecule has 5 rings (SSSR count). The van der Waals surface area contributed by atoms with Crippen LogP contribution in [-0.2, 0) is 24.1 Å². The molecule has 9 nitrogen and oxygen atoms in total. The number of hydrogen-bond donors (Lipinski definition) is 1. The minimum Gasteiger partial charge on any atom is -0.439 e. The van der Waals surface area contributed by atoms with Crippen LogP contribution in [0.5, 0.6) is 0 Å². The summed E-state index contributed by atoms with van der Waals surface area (Å²) in [4.78, 5) is 26.7. The Kier molecular flexibility index (Phi) is 10.2. The van der Waals surface area contributed by atoms with Crippen molar-refractivity contribution in [3.8, 4) is 11.3 Å². The smallest absolute Gasteiger partial charge is 0.416 e. The van der Waals surface area contributed by atoms with Gasteiger partial charge in [0.1, 0.15) is 24.2 Å². The quantitative estimate of drug-likeness (QED) is 0.216. The molecule has 0 spiro atoms. The van der Waals surface area contributed by atoms with Gasteiger partial charge < -0.3 is 19.3 Å². The molecule has 1 aliphatic heterocycles. The van der Waals surface area contributed by atoms with Gasteiger partial charge in [0, 0.05) is 19.7 Å². The number of aliphatic hydroxyl groups is 1. The fraction of sp³-hybridized carbons (Fsp3) is 0.576. The number of aryl methyl sites for hydroxylation is 2. The predicted molar refractivity (Wildman–Crippen MR) is 163 cm³/mol. The van der Waals surface area contributed by atoms with E-state index < -0.39 is 36.7 Å². The summed E-state index contributed by atoms with van der Waals surface area (Å²) in [5.41, 5.74) is 1.31. The SMILES string of the molecule is CCN(CC1CCC(CCO)CC1)c1ncc(-c2c(C)noc2C)nc1CN1C(=O)OC(c2cc(CF)cc(C(F)(F)F)c2)[C@@H]1C. The number of rotatable bonds is 11. The molecule has 1 aromatic carbocycles. The van der Waals surface area contributed by atoms with E-state index in [9.17, 15) is 27.5 Å². The first-order chi connectivity index (χ1) is 21.9. The zero-order chi connectivity index (χ0) is 33.2. The van der Waals surface area contributed by atoms with Gasteiger partial charge in [-0.05, 0) is 88.1 Å². The zero-order valence-corrected chi connectivity index (χ0v) is 26.6. The van der Waals surface area contributed by atoms with Crippen molar-refractivity contribution in [1.29, 1.82) is 0 Å². The third kappa shape index (κ3) is 7.13. The molecule has 2 fully saturated rings. The molecule has 0 radical (unpaired) electrons. The van der Waals surface area contributed by atoms with Crippen LogP contribution in [0.2, 0.25) is 0 Å². The number of carbonyl (C=O) groups excluding carboxylic acids is 1. The van der Waals surface area contributed by atoms with Gasteiger partial charge in [0.15, 0.2) is 5.82 Å². The predicted octanol–water partition coefficient (Wildman–Crippen LogP) is 7.33. The Morgan fingerprint density at radius 3 is 2.43 bits per heavy atom. The number of ether oxygens (including phenoxy) is 1. The highest BCUT2D eigenvalue weighted by atomic mass is 19.4. The van der Waals surface area contributed by atoms with Crippen LogP contribution in [-0.4, -0.2) is 57.0 Å². The second kappa shape index (κ2) is 13.9. The lowest BCUT2D eigenvalue weighted by Gasteiger charge is -2.33. The third-order valence-electron chi connectivity index (χ3n) is 9.31. The first-order valence-electron chi connectivity index (χ1n) is 15.8. The van der Waals surface area contributed by atoms with E-state index in [4.69, 9.17) is 19.2 Å². The summed E-state index contributed by atoms with van der Waals surface area (Å²) in [7, 11) is 0. The number of cyclic esters (lactones) is 1. The molecule has 13 heteroatoms. The molecule has 2 aromatic heterocycles. The summed E-state index contributed by atoms with van der Waals surface area (Å²) in [5, 5.41) is 13.4. The lowest BCUT2D eigenvalue weighted by atomic mass is 9.80. The van der Waals surface area contributed by atoms with Crippen LogP contribution < -0.4 is 4.90 Å². The van der Waals surface area contributed by atoms with E-state index in [0.717, 1.165) is 50.8 Å². The molecule has 0 bridgehead atoms. The number of nitrogens with zero attached hydrogens (tertiary/aromatic N) is 5. The molecule has 1 amide bonds. The Balaban J connectivity index is 1.46. The van der Waals surface area contributed by atoms with Crippen molar-refractivity contribution in [1.82, 2.24) is 20.0 Å². The number of benzene rings is 1. The fourth-order valence-corrected chi connectivity index (χ4v) is 6.77. The molecule has 46 heavy (non-hydrogen) atoms. The largest absolute Gasteiger partial charge is 0.439 e. The van der Waals surface area contributed by atoms with E-state index in [2.05, 4.69) is 10.1 Å². The molecule has 2 atom stereocenters. The first kappa shape index (κ1) is 33.6. The standard InChI is InChI=1S/C33H41F4N5O4/c1-5-41(17-23-8-6-22(7-9-23)10-11-43)31-28(39-27(16-38-31)29-19(2)40-46-21(29)4)18-42-20(3)30(45-32(42)44)25-12-24(15-34)13-26(14-25)33(35,36)37/h12-14,16,20,22-23,30,43H,5-11,15,17-18H2,1-4H3/t20-,22?,23?,30?/m0/s1. The number of anilines is 1. The Bertz CT molecular complexity index is 1500. The second-order valence-corrected chi connectivity index (χ2v) is 12.4. The van der Waals surface area contributed by atoms with Crippen molar-refractivity contribution in [3.63, 3.8) is 0 Å². The van der Waals surface area contributed by atoms with Crippen molar-refractivity contribution in [2.24, 2.45) is 11.8 Å². The van der Waals surface area contributed by atoms with E-state index in [-0.39, 0.29) is 24.3 Å². The maximum atomic E-state index is 13.6. The fourth-order valence-electron chi connectivity index (χ4n) is 6.77. The minimum absolute atomic E-state index is 0.00921. The van der Waals surface area contributed by atoms with Crippen LogP contribution in [0.4, 0.5) is 28.2 Å². The molecular weight excluding hydrogens is 606 g/mol. The molecule has 1 unspecified atom stereocenters. The monoisotopic (exact) mass is 647 g/mol. The zero-order valence-electron chi connectivity index (χ0n) is 26.6. The van der Waals surface area contributed by atoms with Crippen molar-refractivity contribution >= 4 is 11.9 Å². The Hall–Kier alpha value is -3.74. The van der Waals surface area contributed by atoms with Crippen LogP contribution >= 0.6 is 0 Å². The van der Waals surface area contributed by atoms with E-state index in [1.54, 1.807) is 27.0 Å². The van der Waals surface area contributed by atoms with Crippen LogP contribution in [0.1, 0.15) is 85.9 Å². The van der Waals surface area contributed by atoms with E-state index in [1.807, 2.05) is 6.92 Å². The van der Waals surface area contributed by atoms with Crippen LogP contribution in [0, 0.1) is 25.7 Å². The van der Waals surface area contributed by atoms with Crippen LogP contribution in [0.25, 0.3) is 11.3 Å². The van der Waals surface area contributed by atoms with E-state index >= 15 is 0 Å². The van der Waals surface area contributed by atoms with Gasteiger partial charge in [0.2, 0.25) is 0 Å². The average molecular weight is 648 g/mol. The summed E-state index contributed by atoms with van der Waals surface area (Å²) in [6.45, 7) is 7.80. The number of hydrogen-bond acceptors (Lipinski definition) is 8. The Morgan fingerprint density at radius 2 is 1.83 bits per heavy atom. The molecule has 1 saturated carbocycles. The second-order valence-electron chi connectivity index (χ2n) is 12.4. The molecular formula is C33H41F4N5O4. The highest BCUT2D eigenvalue weighted by Crippen LogP contribution is 2.39. The number of carbonyl (C=O) groups is 1. The lowest BCUT2D eigenvalue weighted by Crippen LogP contribution is -2.36. The van der Waals surface area contributed by atoms with Crippen molar-refractivity contribution in [3.05, 3.63) is 58.2 Å². The molecule has 3 aromatic rings. The van der Waals surface area contributed by atoms with Crippen LogP contribution in [0.15, 0.2) is 28.9 Å². The number of halogens is 4. The van der Waals surface area contributed by atoms with Gasteiger partial charge in [0.05, 0.1) is 41.3 Å². The molecule has 1 saturated heterocycles. The maximum absolute atomic E-state index is 13.6. The number of aromatic nitrogens is 3. The summed E-state index contributed by atoms with van der Waals surface area (Å²) in [5.74, 6) is 2.14. The summed E-state index contributed by atoms with van der Waals surface area (Å²) < 4.78 is 65.4. The minimum atomic E-state index is -4.68. The maximum Gasteiger partial charge on any atom is 0.416 e. The van der Waals surface area contributed by atoms with E-state index in [1.165, 1.54) is 11.0 Å². The van der Waals surface area contributed by atoms with E-state index in [0.29, 0.717) is 52.6 Å². The number of aliphatic hydroxyl groups excluding tert-OH is 1. The topological polar surface area (TPSA) is 105 Å². The van der Waals surface area contributed by atoms with Crippen molar-refractivity contribution in [2.45, 2.75) is 91.3 Å². The normalized spacial score (nSPS) is 21.9. The average Bonchev–Trinajstić information content (AvgIpc) is 3.52. The van der Waals surface area contributed by atoms with Crippen LogP contribution in [0.3, 0.4) is 0 Å². The molecule has 2 aliphatic rings. The van der Waals surface area contributed by atoms with Gasteiger partial charge >= 0.3 is 12.3 Å². The lowest BCUT2D eigenvalue weighted by molar-refractivity contribution is -0.137. The first-order valence-corrected chi connectivity index (χ1v) is 15.8. The molecule has 1 aliphatic carbocycles. The van der Waals surface area contributed by atoms with Gasteiger partial charge in [-0.3, -0.25) is 4.90 Å². The molecule has 3 heterocycles. The summed E-state index contributed by atoms with van der Waals surface area (Å²) in [6, 6.07) is 2.31. The van der Waals surface area contributed by atoms with Crippen molar-refractivity contribution in [2.75, 3.05) is 24.6 Å². The Morgan fingerprint density at radius 1 is 1.11 bits per heavy atom. The van der Waals surface area contributed by atoms with Gasteiger partial charge in [-0.2, -0.15) is 13.2 Å². The third-order valence-corrected chi connectivity index (χ3v) is 9.31. The highest BCUT2D eigenvalue weighted by Gasteiger charge is 2.42. The van der Waals surface area contributed by atoms with Gasteiger partial charge in [-0.25, -0.2) is 19.2 Å².